The van der Waals surface area contributed by atoms with E-state index in [0.29, 0.717) is 12.1 Å². The molecule has 19 heavy (non-hydrogen) atoms. The van der Waals surface area contributed by atoms with Crippen LogP contribution in [0.5, 0.6) is 0 Å². The fraction of sp³-hybridized carbons (Fsp3) is 0.500. The third-order valence-corrected chi connectivity index (χ3v) is 3.19. The monoisotopic (exact) mass is 287 g/mol. The Balaban J connectivity index is 3.18. The summed E-state index contributed by atoms with van der Waals surface area (Å²) in [6.07, 6.45) is 0.855. The number of ether oxygens (including phenoxy) is 1. The van der Waals surface area contributed by atoms with Gasteiger partial charge in [0.25, 0.3) is 0 Å². The van der Waals surface area contributed by atoms with Crippen LogP contribution in [-0.4, -0.2) is 19.1 Å². The van der Waals surface area contributed by atoms with Crippen molar-refractivity contribution >= 4 is 17.6 Å². The Labute approximate surface area is 118 Å². The number of halogens is 2. The summed E-state index contributed by atoms with van der Waals surface area (Å²) in [5.74, 6) is -0.854. The van der Waals surface area contributed by atoms with Crippen molar-refractivity contribution in [3.63, 3.8) is 0 Å². The van der Waals surface area contributed by atoms with Crippen molar-refractivity contribution < 1.29 is 13.9 Å². The maximum atomic E-state index is 13.1. The summed E-state index contributed by atoms with van der Waals surface area (Å²) in [6.45, 7) is 6.33. The van der Waals surface area contributed by atoms with Crippen molar-refractivity contribution in [2.75, 3.05) is 13.2 Å². The molecule has 0 heterocycles. The number of carbonyl (C=O) groups excluding carboxylic acids is 1. The quantitative estimate of drug-likeness (QED) is 0.816. The Morgan fingerprint density at radius 2 is 2.16 bits per heavy atom. The zero-order valence-corrected chi connectivity index (χ0v) is 12.2. The number of hydrogen-bond donors (Lipinski definition) is 1. The molecule has 1 unspecified atom stereocenters. The molecule has 0 saturated heterocycles. The predicted molar refractivity (Wildman–Crippen MR) is 73.7 cm³/mol. The van der Waals surface area contributed by atoms with Gasteiger partial charge in [0.15, 0.2) is 0 Å². The lowest BCUT2D eigenvalue weighted by molar-refractivity contribution is -0.151. The van der Waals surface area contributed by atoms with Gasteiger partial charge in [-0.05, 0) is 38.9 Å². The van der Waals surface area contributed by atoms with Gasteiger partial charge in [-0.3, -0.25) is 5.32 Å². The van der Waals surface area contributed by atoms with Crippen LogP contribution in [0.15, 0.2) is 18.2 Å². The van der Waals surface area contributed by atoms with Gasteiger partial charge < -0.3 is 4.74 Å². The third-order valence-electron chi connectivity index (χ3n) is 2.88. The lowest BCUT2D eigenvalue weighted by Gasteiger charge is -2.29. The highest BCUT2D eigenvalue weighted by Gasteiger charge is 2.37. The lowest BCUT2D eigenvalue weighted by Crippen LogP contribution is -2.48. The Bertz CT molecular complexity index is 453. The largest absolute Gasteiger partial charge is 0.464 e. The normalized spacial score (nSPS) is 13.9. The first-order valence-electron chi connectivity index (χ1n) is 6.33. The summed E-state index contributed by atoms with van der Waals surface area (Å²) < 4.78 is 18.2. The minimum absolute atomic E-state index is 0.208. The smallest absolute Gasteiger partial charge is 0.330 e. The zero-order chi connectivity index (χ0) is 14.5. The van der Waals surface area contributed by atoms with E-state index in [0.717, 1.165) is 6.42 Å². The van der Waals surface area contributed by atoms with Gasteiger partial charge in [0.1, 0.15) is 11.4 Å². The highest BCUT2D eigenvalue weighted by Crippen LogP contribution is 2.30. The first-order valence-corrected chi connectivity index (χ1v) is 6.71. The van der Waals surface area contributed by atoms with Crippen LogP contribution in [0.3, 0.4) is 0 Å². The molecule has 1 aromatic rings. The van der Waals surface area contributed by atoms with Crippen LogP contribution in [0.25, 0.3) is 0 Å². The van der Waals surface area contributed by atoms with Gasteiger partial charge in [0, 0.05) is 10.6 Å². The topological polar surface area (TPSA) is 38.3 Å². The summed E-state index contributed by atoms with van der Waals surface area (Å²) in [4.78, 5) is 12.2. The molecule has 0 aliphatic heterocycles. The van der Waals surface area contributed by atoms with Crippen LogP contribution in [0, 0.1) is 5.82 Å². The number of hydrogen-bond acceptors (Lipinski definition) is 3. The Kier molecular flexibility index (Phi) is 5.76. The minimum atomic E-state index is -1.07. The zero-order valence-electron chi connectivity index (χ0n) is 11.4. The second-order valence-electron chi connectivity index (χ2n) is 4.40. The molecule has 1 rings (SSSR count). The molecule has 0 fully saturated rings. The van der Waals surface area contributed by atoms with Crippen LogP contribution in [0.4, 0.5) is 4.39 Å². The molecular formula is C14H19ClFNO2. The van der Waals surface area contributed by atoms with E-state index in [2.05, 4.69) is 5.32 Å². The van der Waals surface area contributed by atoms with E-state index in [1.165, 1.54) is 18.2 Å². The summed E-state index contributed by atoms with van der Waals surface area (Å²) in [5.41, 5.74) is -0.556. The number of carbonyl (C=O) groups is 1. The van der Waals surface area contributed by atoms with Crippen LogP contribution in [0.1, 0.15) is 32.8 Å². The van der Waals surface area contributed by atoms with Gasteiger partial charge in [-0.1, -0.05) is 24.6 Å². The van der Waals surface area contributed by atoms with Gasteiger partial charge in [0.05, 0.1) is 6.61 Å². The van der Waals surface area contributed by atoms with Crippen molar-refractivity contribution in [2.24, 2.45) is 0 Å². The van der Waals surface area contributed by atoms with Gasteiger partial charge in [0.2, 0.25) is 0 Å². The fourth-order valence-corrected chi connectivity index (χ4v) is 2.18. The number of nitrogens with one attached hydrogen (secondary N) is 1. The summed E-state index contributed by atoms with van der Waals surface area (Å²) >= 11 is 6.05. The predicted octanol–water partition coefficient (Wildman–Crippen LogP) is 3.26. The first-order chi connectivity index (χ1) is 8.95. The summed E-state index contributed by atoms with van der Waals surface area (Å²) in [6, 6.07) is 3.99. The highest BCUT2D eigenvalue weighted by molar-refractivity contribution is 6.31. The molecule has 3 nitrogen and oxygen atoms in total. The van der Waals surface area contributed by atoms with Crippen LogP contribution >= 0.6 is 11.6 Å². The van der Waals surface area contributed by atoms with Gasteiger partial charge >= 0.3 is 5.97 Å². The van der Waals surface area contributed by atoms with E-state index >= 15 is 0 Å². The van der Waals surface area contributed by atoms with E-state index < -0.39 is 17.3 Å². The molecule has 0 aromatic heterocycles. The van der Waals surface area contributed by atoms with E-state index in [9.17, 15) is 9.18 Å². The molecule has 0 aliphatic rings. The van der Waals surface area contributed by atoms with E-state index in [-0.39, 0.29) is 11.6 Å². The molecule has 1 atom stereocenters. The van der Waals surface area contributed by atoms with Gasteiger partial charge in [-0.2, -0.15) is 0 Å². The molecule has 1 N–H and O–H groups in total. The highest BCUT2D eigenvalue weighted by atomic mass is 35.5. The Hall–Kier alpha value is -1.13. The van der Waals surface area contributed by atoms with Crippen LogP contribution < -0.4 is 5.32 Å². The van der Waals surface area contributed by atoms with Crippen molar-refractivity contribution in [3.8, 4) is 0 Å². The van der Waals surface area contributed by atoms with Crippen molar-refractivity contribution in [1.82, 2.24) is 5.32 Å². The van der Waals surface area contributed by atoms with Crippen LogP contribution in [0.2, 0.25) is 5.02 Å². The number of esters is 1. The SMILES string of the molecule is CCCNC(C)(C(=O)OCC)c1ccc(F)cc1Cl. The Morgan fingerprint density at radius 1 is 1.47 bits per heavy atom. The van der Waals surface area contributed by atoms with E-state index in [1.54, 1.807) is 13.8 Å². The molecule has 106 valence electrons. The molecule has 0 amide bonds. The maximum absolute atomic E-state index is 13.1. The minimum Gasteiger partial charge on any atom is -0.464 e. The van der Waals surface area contributed by atoms with Crippen LogP contribution in [-0.2, 0) is 15.1 Å². The van der Waals surface area contributed by atoms with Crippen molar-refractivity contribution in [2.45, 2.75) is 32.7 Å². The second-order valence-corrected chi connectivity index (χ2v) is 4.80. The molecule has 5 heteroatoms. The molecular weight excluding hydrogens is 269 g/mol. The molecule has 0 spiro atoms. The standard InChI is InChI=1S/C14H19ClFNO2/c1-4-8-17-14(3,13(18)19-5-2)11-7-6-10(16)9-12(11)15/h6-7,9,17H,4-5,8H2,1-3H3. The molecule has 0 radical (unpaired) electrons. The van der Waals surface area contributed by atoms with Gasteiger partial charge in [-0.25, -0.2) is 9.18 Å². The second kappa shape index (κ2) is 6.87. The third kappa shape index (κ3) is 3.67. The van der Waals surface area contributed by atoms with Crippen molar-refractivity contribution in [1.29, 1.82) is 0 Å². The van der Waals surface area contributed by atoms with Crippen molar-refractivity contribution in [3.05, 3.63) is 34.6 Å². The number of rotatable bonds is 6. The molecule has 0 saturated carbocycles. The summed E-state index contributed by atoms with van der Waals surface area (Å²) in [5, 5.41) is 3.33. The number of benzene rings is 1. The lowest BCUT2D eigenvalue weighted by atomic mass is 9.91. The molecule has 1 aromatic carbocycles. The average Bonchev–Trinajstić information content (AvgIpc) is 2.36. The maximum Gasteiger partial charge on any atom is 0.330 e. The molecule has 0 aliphatic carbocycles. The summed E-state index contributed by atoms with van der Waals surface area (Å²) in [7, 11) is 0. The fourth-order valence-electron chi connectivity index (χ4n) is 1.82. The molecule has 0 bridgehead atoms. The Morgan fingerprint density at radius 3 is 2.68 bits per heavy atom. The van der Waals surface area contributed by atoms with Gasteiger partial charge in [-0.15, -0.1) is 0 Å². The van der Waals surface area contributed by atoms with E-state index in [4.69, 9.17) is 16.3 Å². The van der Waals surface area contributed by atoms with E-state index in [1.807, 2.05) is 6.92 Å². The first kappa shape index (κ1) is 15.9. The average molecular weight is 288 g/mol.